The van der Waals surface area contributed by atoms with Crippen LogP contribution in [-0.4, -0.2) is 32.3 Å². The van der Waals surface area contributed by atoms with E-state index in [1.165, 1.54) is 6.33 Å². The maximum atomic E-state index is 12.8. The SMILES string of the molecule is CCOC(=O)C1=C(c2ccccc2)Nc2ncnn2[C@@H]1c1cc[nH]c1. The summed E-state index contributed by atoms with van der Waals surface area (Å²) in [6.07, 6.45) is 5.14. The number of ether oxygens (including phenoxy) is 1. The average molecular weight is 335 g/mol. The van der Waals surface area contributed by atoms with Gasteiger partial charge < -0.3 is 15.0 Å². The molecule has 25 heavy (non-hydrogen) atoms. The summed E-state index contributed by atoms with van der Waals surface area (Å²) in [5.41, 5.74) is 2.99. The number of benzene rings is 1. The van der Waals surface area contributed by atoms with E-state index in [9.17, 15) is 4.79 Å². The Balaban J connectivity index is 1.95. The molecule has 0 amide bonds. The number of esters is 1. The van der Waals surface area contributed by atoms with Crippen LogP contribution in [-0.2, 0) is 9.53 Å². The first-order valence-electron chi connectivity index (χ1n) is 8.05. The molecule has 1 atom stereocenters. The smallest absolute Gasteiger partial charge is 0.338 e. The molecule has 1 aliphatic heterocycles. The Kier molecular flexibility index (Phi) is 3.81. The highest BCUT2D eigenvalue weighted by Crippen LogP contribution is 2.38. The van der Waals surface area contributed by atoms with Crippen molar-refractivity contribution in [1.29, 1.82) is 0 Å². The second-order valence-corrected chi connectivity index (χ2v) is 5.58. The number of carbonyl (C=O) groups is 1. The van der Waals surface area contributed by atoms with E-state index in [1.54, 1.807) is 11.6 Å². The molecule has 126 valence electrons. The van der Waals surface area contributed by atoms with E-state index < -0.39 is 6.04 Å². The number of hydrogen-bond donors (Lipinski definition) is 2. The standard InChI is InChI=1S/C18H17N5O2/c1-2-25-17(24)14-15(12-6-4-3-5-7-12)22-18-20-11-21-23(18)16(14)13-8-9-19-10-13/h3-11,16,19H,2H2,1H3,(H,20,21,22)/t16-/m1/s1. The Bertz CT molecular complexity index is 912. The van der Waals surface area contributed by atoms with Crippen molar-refractivity contribution in [3.63, 3.8) is 0 Å². The Morgan fingerprint density at radius 3 is 2.84 bits per heavy atom. The summed E-state index contributed by atoms with van der Waals surface area (Å²) in [4.78, 5) is 20.1. The van der Waals surface area contributed by atoms with Crippen LogP contribution in [0.5, 0.6) is 0 Å². The van der Waals surface area contributed by atoms with E-state index in [-0.39, 0.29) is 5.97 Å². The summed E-state index contributed by atoms with van der Waals surface area (Å²) in [6.45, 7) is 2.09. The van der Waals surface area contributed by atoms with Crippen molar-refractivity contribution in [2.75, 3.05) is 11.9 Å². The fourth-order valence-electron chi connectivity index (χ4n) is 3.04. The lowest BCUT2D eigenvalue weighted by atomic mass is 9.94. The van der Waals surface area contributed by atoms with Crippen molar-refractivity contribution < 1.29 is 9.53 Å². The van der Waals surface area contributed by atoms with E-state index in [2.05, 4.69) is 20.4 Å². The number of rotatable bonds is 4. The van der Waals surface area contributed by atoms with Crippen LogP contribution >= 0.6 is 0 Å². The van der Waals surface area contributed by atoms with E-state index in [1.807, 2.05) is 48.8 Å². The molecule has 4 rings (SSSR count). The molecule has 0 unspecified atom stereocenters. The lowest BCUT2D eigenvalue weighted by molar-refractivity contribution is -0.138. The zero-order valence-corrected chi connectivity index (χ0v) is 13.6. The number of nitrogens with zero attached hydrogens (tertiary/aromatic N) is 3. The predicted octanol–water partition coefficient (Wildman–Crippen LogP) is 2.60. The Morgan fingerprint density at radius 1 is 1.28 bits per heavy atom. The number of aromatic nitrogens is 4. The number of aromatic amines is 1. The van der Waals surface area contributed by atoms with Gasteiger partial charge in [-0.15, -0.1) is 0 Å². The van der Waals surface area contributed by atoms with Gasteiger partial charge in [0.25, 0.3) is 0 Å². The summed E-state index contributed by atoms with van der Waals surface area (Å²) in [5, 5.41) is 7.53. The molecule has 0 aliphatic carbocycles. The van der Waals surface area contributed by atoms with E-state index in [0.717, 1.165) is 11.1 Å². The van der Waals surface area contributed by atoms with Gasteiger partial charge in [-0.25, -0.2) is 9.48 Å². The molecule has 3 heterocycles. The summed E-state index contributed by atoms with van der Waals surface area (Å²) >= 11 is 0. The molecule has 0 saturated carbocycles. The molecular formula is C18H17N5O2. The predicted molar refractivity (Wildman–Crippen MR) is 92.6 cm³/mol. The van der Waals surface area contributed by atoms with Gasteiger partial charge in [-0.3, -0.25) is 0 Å². The average Bonchev–Trinajstić information content (AvgIpc) is 3.32. The van der Waals surface area contributed by atoms with Crippen LogP contribution in [0.25, 0.3) is 5.70 Å². The van der Waals surface area contributed by atoms with Crippen LogP contribution in [0, 0.1) is 0 Å². The van der Waals surface area contributed by atoms with Crippen molar-refractivity contribution in [3.05, 3.63) is 71.8 Å². The third-order valence-electron chi connectivity index (χ3n) is 4.09. The first kappa shape index (κ1) is 15.2. The molecule has 7 nitrogen and oxygen atoms in total. The largest absolute Gasteiger partial charge is 0.463 e. The van der Waals surface area contributed by atoms with E-state index in [4.69, 9.17) is 4.74 Å². The lowest BCUT2D eigenvalue weighted by Gasteiger charge is -2.28. The molecular weight excluding hydrogens is 318 g/mol. The van der Waals surface area contributed by atoms with Crippen LogP contribution in [0.15, 0.2) is 60.7 Å². The van der Waals surface area contributed by atoms with Crippen molar-refractivity contribution in [1.82, 2.24) is 19.7 Å². The molecule has 7 heteroatoms. The van der Waals surface area contributed by atoms with E-state index in [0.29, 0.717) is 23.8 Å². The summed E-state index contributed by atoms with van der Waals surface area (Å²) in [5.74, 6) is 0.208. The molecule has 2 N–H and O–H groups in total. The Morgan fingerprint density at radius 2 is 2.12 bits per heavy atom. The van der Waals surface area contributed by atoms with Gasteiger partial charge in [0, 0.05) is 12.4 Å². The van der Waals surface area contributed by atoms with Gasteiger partial charge in [-0.05, 0) is 24.1 Å². The summed E-state index contributed by atoms with van der Waals surface area (Å²) in [7, 11) is 0. The van der Waals surface area contributed by atoms with Gasteiger partial charge in [0.05, 0.1) is 17.9 Å². The van der Waals surface area contributed by atoms with Crippen LogP contribution in [0.4, 0.5) is 5.95 Å². The molecule has 3 aromatic rings. The topological polar surface area (TPSA) is 84.8 Å². The number of fused-ring (bicyclic) bond motifs is 1. The monoisotopic (exact) mass is 335 g/mol. The van der Waals surface area contributed by atoms with Crippen molar-refractivity contribution >= 4 is 17.6 Å². The van der Waals surface area contributed by atoms with Gasteiger partial charge in [-0.2, -0.15) is 10.1 Å². The summed E-state index contributed by atoms with van der Waals surface area (Å²) < 4.78 is 7.04. The van der Waals surface area contributed by atoms with Crippen LogP contribution in [0.2, 0.25) is 0 Å². The van der Waals surface area contributed by atoms with Crippen LogP contribution in [0.1, 0.15) is 24.1 Å². The van der Waals surface area contributed by atoms with Crippen molar-refractivity contribution in [2.45, 2.75) is 13.0 Å². The fourth-order valence-corrected chi connectivity index (χ4v) is 3.04. The number of nitrogens with one attached hydrogen (secondary N) is 2. The third-order valence-corrected chi connectivity index (χ3v) is 4.09. The van der Waals surface area contributed by atoms with Crippen LogP contribution in [0.3, 0.4) is 0 Å². The first-order chi connectivity index (χ1) is 12.3. The lowest BCUT2D eigenvalue weighted by Crippen LogP contribution is -2.29. The molecule has 0 bridgehead atoms. The second kappa shape index (κ2) is 6.27. The third kappa shape index (κ3) is 2.59. The molecule has 0 fully saturated rings. The zero-order valence-electron chi connectivity index (χ0n) is 13.6. The molecule has 0 radical (unpaired) electrons. The quantitative estimate of drug-likeness (QED) is 0.716. The number of H-pyrrole nitrogens is 1. The maximum absolute atomic E-state index is 12.8. The highest BCUT2D eigenvalue weighted by molar-refractivity contribution is 6.02. The van der Waals surface area contributed by atoms with Gasteiger partial charge in [0.2, 0.25) is 5.95 Å². The minimum absolute atomic E-state index is 0.300. The highest BCUT2D eigenvalue weighted by Gasteiger charge is 2.36. The minimum atomic E-state index is -0.417. The fraction of sp³-hybridized carbons (Fsp3) is 0.167. The van der Waals surface area contributed by atoms with Gasteiger partial charge in [0.1, 0.15) is 12.4 Å². The van der Waals surface area contributed by atoms with E-state index >= 15 is 0 Å². The zero-order chi connectivity index (χ0) is 17.2. The Labute approximate surface area is 144 Å². The van der Waals surface area contributed by atoms with Gasteiger partial charge in [0.15, 0.2) is 0 Å². The summed E-state index contributed by atoms with van der Waals surface area (Å²) in [6, 6.07) is 11.2. The second-order valence-electron chi connectivity index (χ2n) is 5.58. The number of hydrogen-bond acceptors (Lipinski definition) is 5. The first-order valence-corrected chi connectivity index (χ1v) is 8.05. The highest BCUT2D eigenvalue weighted by atomic mass is 16.5. The number of anilines is 1. The molecule has 1 aromatic carbocycles. The molecule has 2 aromatic heterocycles. The molecule has 0 saturated heterocycles. The number of carbonyl (C=O) groups excluding carboxylic acids is 1. The van der Waals surface area contributed by atoms with Crippen molar-refractivity contribution in [3.8, 4) is 0 Å². The normalized spacial score (nSPS) is 16.3. The van der Waals surface area contributed by atoms with Crippen LogP contribution < -0.4 is 5.32 Å². The minimum Gasteiger partial charge on any atom is -0.463 e. The maximum Gasteiger partial charge on any atom is 0.338 e. The molecule has 1 aliphatic rings. The van der Waals surface area contributed by atoms with Crippen molar-refractivity contribution in [2.24, 2.45) is 0 Å². The molecule has 0 spiro atoms. The van der Waals surface area contributed by atoms with Gasteiger partial charge in [-0.1, -0.05) is 30.3 Å². The Hall–Kier alpha value is -3.35. The van der Waals surface area contributed by atoms with Gasteiger partial charge >= 0.3 is 5.97 Å².